The highest BCUT2D eigenvalue weighted by atomic mass is 32.2. The molecule has 2 N–H and O–H groups in total. The van der Waals surface area contributed by atoms with Gasteiger partial charge in [0.15, 0.2) is 0 Å². The summed E-state index contributed by atoms with van der Waals surface area (Å²) >= 11 is 2.09. The Morgan fingerprint density at radius 3 is 3.05 bits per heavy atom. The highest BCUT2D eigenvalue weighted by Gasteiger charge is 2.18. The van der Waals surface area contributed by atoms with Gasteiger partial charge >= 0.3 is 0 Å². The van der Waals surface area contributed by atoms with Gasteiger partial charge in [0.1, 0.15) is 0 Å². The van der Waals surface area contributed by atoms with E-state index in [-0.39, 0.29) is 5.56 Å². The van der Waals surface area contributed by atoms with Gasteiger partial charge in [-0.2, -0.15) is 11.8 Å². The van der Waals surface area contributed by atoms with Crippen LogP contribution in [-0.4, -0.2) is 40.1 Å². The first-order chi connectivity index (χ1) is 9.19. The molecule has 1 atom stereocenters. The number of nitrogens with zero attached hydrogens (tertiary/aromatic N) is 2. The Balaban J connectivity index is 1.80. The standard InChI is InChI=1S/C14H23N3OS/c1-2-13-11-16(8-9-19-13)6-3-7-17-10-12(15)4-5-14(17)18/h4-5,10,13H,2-3,6-9,11,15H2,1H3. The van der Waals surface area contributed by atoms with Crippen molar-refractivity contribution < 1.29 is 0 Å². The Hall–Kier alpha value is -0.940. The number of anilines is 1. The van der Waals surface area contributed by atoms with Crippen LogP contribution in [0.25, 0.3) is 0 Å². The van der Waals surface area contributed by atoms with E-state index in [0.717, 1.165) is 24.8 Å². The average molecular weight is 281 g/mol. The zero-order valence-electron chi connectivity index (χ0n) is 11.5. The minimum Gasteiger partial charge on any atom is -0.398 e. The predicted molar refractivity (Wildman–Crippen MR) is 82.7 cm³/mol. The fourth-order valence-electron chi connectivity index (χ4n) is 2.42. The lowest BCUT2D eigenvalue weighted by atomic mass is 10.2. The van der Waals surface area contributed by atoms with Crippen molar-refractivity contribution in [3.8, 4) is 0 Å². The van der Waals surface area contributed by atoms with Crippen LogP contribution in [0.4, 0.5) is 5.69 Å². The third kappa shape index (κ3) is 4.28. The molecule has 1 aliphatic heterocycles. The number of aryl methyl sites for hydroxylation is 1. The zero-order chi connectivity index (χ0) is 13.7. The molecule has 0 saturated carbocycles. The van der Waals surface area contributed by atoms with E-state index < -0.39 is 0 Å². The number of aromatic nitrogens is 1. The molecule has 106 valence electrons. The van der Waals surface area contributed by atoms with Crippen molar-refractivity contribution in [1.29, 1.82) is 0 Å². The molecule has 2 rings (SSSR count). The predicted octanol–water partition coefficient (Wildman–Crippen LogP) is 1.65. The van der Waals surface area contributed by atoms with Crippen molar-refractivity contribution in [2.24, 2.45) is 0 Å². The summed E-state index contributed by atoms with van der Waals surface area (Å²) in [5, 5.41) is 0.781. The molecular formula is C14H23N3OS. The van der Waals surface area contributed by atoms with Gasteiger partial charge in [0.05, 0.1) is 0 Å². The SMILES string of the molecule is CCC1CN(CCCn2cc(N)ccc2=O)CCS1. The largest absolute Gasteiger partial charge is 0.398 e. The first-order valence-electron chi connectivity index (χ1n) is 6.99. The molecule has 0 aliphatic carbocycles. The Morgan fingerprint density at radius 2 is 2.26 bits per heavy atom. The summed E-state index contributed by atoms with van der Waals surface area (Å²) in [5.41, 5.74) is 6.40. The molecule has 1 unspecified atom stereocenters. The molecule has 1 aromatic rings. The van der Waals surface area contributed by atoms with Crippen LogP contribution in [0.3, 0.4) is 0 Å². The highest BCUT2D eigenvalue weighted by Crippen LogP contribution is 2.20. The van der Waals surface area contributed by atoms with E-state index in [0.29, 0.717) is 5.69 Å². The smallest absolute Gasteiger partial charge is 0.250 e. The van der Waals surface area contributed by atoms with E-state index in [4.69, 9.17) is 5.73 Å². The summed E-state index contributed by atoms with van der Waals surface area (Å²) in [4.78, 5) is 14.2. The average Bonchev–Trinajstić information content (AvgIpc) is 2.43. The van der Waals surface area contributed by atoms with Crippen molar-refractivity contribution in [3.63, 3.8) is 0 Å². The second kappa shape index (κ2) is 7.01. The third-order valence-corrected chi connectivity index (χ3v) is 4.93. The molecule has 0 aromatic carbocycles. The van der Waals surface area contributed by atoms with Gasteiger partial charge in [0, 0.05) is 48.6 Å². The second-order valence-corrected chi connectivity index (χ2v) is 6.46. The van der Waals surface area contributed by atoms with Gasteiger partial charge in [-0.3, -0.25) is 4.79 Å². The minimum absolute atomic E-state index is 0.0369. The van der Waals surface area contributed by atoms with Gasteiger partial charge in [-0.05, 0) is 25.5 Å². The molecule has 0 radical (unpaired) electrons. The van der Waals surface area contributed by atoms with Crippen LogP contribution < -0.4 is 11.3 Å². The number of nitrogen functional groups attached to an aromatic ring is 1. The molecule has 5 heteroatoms. The Bertz CT molecular complexity index is 460. The lowest BCUT2D eigenvalue weighted by Crippen LogP contribution is -2.38. The topological polar surface area (TPSA) is 51.3 Å². The maximum Gasteiger partial charge on any atom is 0.250 e. The van der Waals surface area contributed by atoms with Gasteiger partial charge < -0.3 is 15.2 Å². The Kier molecular flexibility index (Phi) is 5.34. The van der Waals surface area contributed by atoms with Crippen LogP contribution >= 0.6 is 11.8 Å². The number of thioether (sulfide) groups is 1. The molecule has 1 aromatic heterocycles. The lowest BCUT2D eigenvalue weighted by molar-refractivity contribution is 0.272. The van der Waals surface area contributed by atoms with Crippen LogP contribution in [-0.2, 0) is 6.54 Å². The van der Waals surface area contributed by atoms with E-state index in [9.17, 15) is 4.79 Å². The van der Waals surface area contributed by atoms with Crippen molar-refractivity contribution in [1.82, 2.24) is 9.47 Å². The van der Waals surface area contributed by atoms with Crippen LogP contribution in [0.1, 0.15) is 19.8 Å². The number of hydrogen-bond donors (Lipinski definition) is 1. The molecule has 0 spiro atoms. The summed E-state index contributed by atoms with van der Waals surface area (Å²) < 4.78 is 1.71. The van der Waals surface area contributed by atoms with Crippen LogP contribution in [0.15, 0.2) is 23.1 Å². The number of hydrogen-bond acceptors (Lipinski definition) is 4. The van der Waals surface area contributed by atoms with Crippen molar-refractivity contribution in [3.05, 3.63) is 28.7 Å². The van der Waals surface area contributed by atoms with Gasteiger partial charge in [0.2, 0.25) is 0 Å². The monoisotopic (exact) mass is 281 g/mol. The summed E-state index contributed by atoms with van der Waals surface area (Å²) in [5.74, 6) is 1.23. The van der Waals surface area contributed by atoms with Crippen molar-refractivity contribution in [2.45, 2.75) is 31.6 Å². The molecule has 1 fully saturated rings. The highest BCUT2D eigenvalue weighted by molar-refractivity contribution is 8.00. The van der Waals surface area contributed by atoms with E-state index in [1.807, 2.05) is 0 Å². The van der Waals surface area contributed by atoms with E-state index >= 15 is 0 Å². The number of nitrogens with two attached hydrogens (primary N) is 1. The first-order valence-corrected chi connectivity index (χ1v) is 8.04. The summed E-state index contributed by atoms with van der Waals surface area (Å²) in [6.07, 6.45) is 3.99. The molecule has 19 heavy (non-hydrogen) atoms. The Labute approximate surface area is 119 Å². The van der Waals surface area contributed by atoms with E-state index in [2.05, 4.69) is 23.6 Å². The summed E-state index contributed by atoms with van der Waals surface area (Å²) in [6, 6.07) is 3.20. The number of pyridine rings is 1. The summed E-state index contributed by atoms with van der Waals surface area (Å²) in [6.45, 7) is 6.44. The van der Waals surface area contributed by atoms with E-state index in [1.54, 1.807) is 22.9 Å². The molecule has 0 amide bonds. The fourth-order valence-corrected chi connectivity index (χ4v) is 3.67. The van der Waals surface area contributed by atoms with Gasteiger partial charge in [-0.1, -0.05) is 6.92 Å². The molecule has 2 heterocycles. The van der Waals surface area contributed by atoms with Gasteiger partial charge in [-0.15, -0.1) is 0 Å². The van der Waals surface area contributed by atoms with Crippen molar-refractivity contribution in [2.75, 3.05) is 31.1 Å². The molecule has 1 saturated heterocycles. The lowest BCUT2D eigenvalue weighted by Gasteiger charge is -2.31. The molecular weight excluding hydrogens is 258 g/mol. The van der Waals surface area contributed by atoms with Gasteiger partial charge in [-0.25, -0.2) is 0 Å². The summed E-state index contributed by atoms with van der Waals surface area (Å²) in [7, 11) is 0. The molecule has 4 nitrogen and oxygen atoms in total. The Morgan fingerprint density at radius 1 is 1.42 bits per heavy atom. The second-order valence-electron chi connectivity index (χ2n) is 5.05. The molecule has 1 aliphatic rings. The minimum atomic E-state index is 0.0369. The normalized spacial score (nSPS) is 20.6. The van der Waals surface area contributed by atoms with Gasteiger partial charge in [0.25, 0.3) is 5.56 Å². The number of rotatable bonds is 5. The van der Waals surface area contributed by atoms with Crippen LogP contribution in [0.2, 0.25) is 0 Å². The quantitative estimate of drug-likeness (QED) is 0.891. The first kappa shape index (κ1) is 14.5. The molecule has 0 bridgehead atoms. The maximum atomic E-state index is 11.6. The van der Waals surface area contributed by atoms with E-state index in [1.165, 1.54) is 25.3 Å². The fraction of sp³-hybridized carbons (Fsp3) is 0.643. The van der Waals surface area contributed by atoms with Crippen molar-refractivity contribution >= 4 is 17.4 Å². The van der Waals surface area contributed by atoms with Crippen LogP contribution in [0, 0.1) is 0 Å². The van der Waals surface area contributed by atoms with Crippen LogP contribution in [0.5, 0.6) is 0 Å². The third-order valence-electron chi connectivity index (χ3n) is 3.56. The maximum absolute atomic E-state index is 11.6. The zero-order valence-corrected chi connectivity index (χ0v) is 12.4.